The summed E-state index contributed by atoms with van der Waals surface area (Å²) in [5.74, 6) is 3.59. The van der Waals surface area contributed by atoms with Crippen LogP contribution in [-0.4, -0.2) is 36.3 Å². The van der Waals surface area contributed by atoms with Crippen LogP contribution in [0.25, 0.3) is 0 Å². The standard InChI is InChI=1S/C18H26N2O3/c1-13-12-15(13)16-7-5-14(23-16)6-8-17(21)19-9-3-11-20-10-2-4-18(20)22/h5,7,13,15H,2-4,6,8-12H2,1H3,(H,19,21)/t13-,15+/m1/s1. The first-order chi connectivity index (χ1) is 11.1. The molecular formula is C18H26N2O3. The van der Waals surface area contributed by atoms with Crippen LogP contribution in [0.2, 0.25) is 0 Å². The third-order valence-electron chi connectivity index (χ3n) is 4.85. The van der Waals surface area contributed by atoms with Crippen molar-refractivity contribution in [3.05, 3.63) is 23.7 Å². The predicted octanol–water partition coefficient (Wildman–Crippen LogP) is 2.46. The second-order valence-corrected chi connectivity index (χ2v) is 6.81. The second-order valence-electron chi connectivity index (χ2n) is 6.81. The average Bonchev–Trinajstić information content (AvgIpc) is 2.93. The van der Waals surface area contributed by atoms with E-state index in [4.69, 9.17) is 4.42 Å². The van der Waals surface area contributed by atoms with Crippen LogP contribution in [0.3, 0.4) is 0 Å². The first-order valence-corrected chi connectivity index (χ1v) is 8.76. The van der Waals surface area contributed by atoms with Gasteiger partial charge in [-0.1, -0.05) is 6.92 Å². The van der Waals surface area contributed by atoms with Gasteiger partial charge in [0.15, 0.2) is 0 Å². The van der Waals surface area contributed by atoms with E-state index in [2.05, 4.69) is 18.3 Å². The monoisotopic (exact) mass is 318 g/mol. The number of hydrogen-bond acceptors (Lipinski definition) is 3. The third kappa shape index (κ3) is 4.36. The number of furan rings is 1. The smallest absolute Gasteiger partial charge is 0.222 e. The molecule has 2 aliphatic rings. The summed E-state index contributed by atoms with van der Waals surface area (Å²) >= 11 is 0. The van der Waals surface area contributed by atoms with E-state index in [0.29, 0.717) is 31.7 Å². The van der Waals surface area contributed by atoms with Gasteiger partial charge in [-0.2, -0.15) is 0 Å². The van der Waals surface area contributed by atoms with Crippen LogP contribution < -0.4 is 5.32 Å². The maximum absolute atomic E-state index is 11.8. The number of aryl methyl sites for hydroxylation is 1. The van der Waals surface area contributed by atoms with Gasteiger partial charge in [0.1, 0.15) is 11.5 Å². The van der Waals surface area contributed by atoms with Gasteiger partial charge in [0.2, 0.25) is 11.8 Å². The van der Waals surface area contributed by atoms with Gasteiger partial charge in [0, 0.05) is 44.8 Å². The summed E-state index contributed by atoms with van der Waals surface area (Å²) in [4.78, 5) is 25.2. The molecule has 126 valence electrons. The Labute approximate surface area is 137 Å². The molecule has 2 amide bonds. The average molecular weight is 318 g/mol. The van der Waals surface area contributed by atoms with Crippen LogP contribution in [0.1, 0.15) is 56.5 Å². The van der Waals surface area contributed by atoms with E-state index in [1.165, 1.54) is 6.42 Å². The Morgan fingerprint density at radius 3 is 2.96 bits per heavy atom. The highest BCUT2D eigenvalue weighted by Crippen LogP contribution is 2.47. The van der Waals surface area contributed by atoms with Gasteiger partial charge in [0.05, 0.1) is 0 Å². The first-order valence-electron chi connectivity index (χ1n) is 8.76. The third-order valence-corrected chi connectivity index (χ3v) is 4.85. The van der Waals surface area contributed by atoms with E-state index < -0.39 is 0 Å². The molecule has 5 heteroatoms. The van der Waals surface area contributed by atoms with Crippen LogP contribution in [0.4, 0.5) is 0 Å². The van der Waals surface area contributed by atoms with E-state index >= 15 is 0 Å². The van der Waals surface area contributed by atoms with Gasteiger partial charge in [-0.05, 0) is 37.3 Å². The highest BCUT2D eigenvalue weighted by atomic mass is 16.3. The molecule has 2 atom stereocenters. The lowest BCUT2D eigenvalue weighted by Gasteiger charge is -2.15. The molecule has 0 bridgehead atoms. The number of hydrogen-bond donors (Lipinski definition) is 1. The van der Waals surface area contributed by atoms with E-state index in [9.17, 15) is 9.59 Å². The zero-order chi connectivity index (χ0) is 16.2. The van der Waals surface area contributed by atoms with Crippen LogP contribution in [0.15, 0.2) is 16.5 Å². The number of amides is 2. The van der Waals surface area contributed by atoms with Crippen LogP contribution in [-0.2, 0) is 16.0 Å². The highest BCUT2D eigenvalue weighted by molar-refractivity contribution is 5.78. The maximum Gasteiger partial charge on any atom is 0.222 e. The summed E-state index contributed by atoms with van der Waals surface area (Å²) in [6.45, 7) is 4.48. The lowest BCUT2D eigenvalue weighted by Crippen LogP contribution is -2.30. The molecule has 1 N–H and O–H groups in total. The molecule has 1 aromatic heterocycles. The van der Waals surface area contributed by atoms with E-state index in [-0.39, 0.29) is 11.8 Å². The van der Waals surface area contributed by atoms with Gasteiger partial charge in [-0.3, -0.25) is 9.59 Å². The van der Waals surface area contributed by atoms with Crippen LogP contribution in [0, 0.1) is 5.92 Å². The Morgan fingerprint density at radius 1 is 1.43 bits per heavy atom. The number of carbonyl (C=O) groups is 2. The molecule has 0 unspecified atom stereocenters. The fraction of sp³-hybridized carbons (Fsp3) is 0.667. The number of nitrogens with one attached hydrogen (secondary N) is 1. The number of nitrogens with zero attached hydrogens (tertiary/aromatic N) is 1. The SMILES string of the molecule is C[C@@H]1C[C@@H]1c1ccc(CCC(=O)NCCCN2CCCC2=O)o1. The molecule has 2 heterocycles. The molecule has 0 aromatic carbocycles. The Hall–Kier alpha value is -1.78. The molecule has 2 fully saturated rings. The van der Waals surface area contributed by atoms with Gasteiger partial charge < -0.3 is 14.6 Å². The predicted molar refractivity (Wildman–Crippen MR) is 87.0 cm³/mol. The van der Waals surface area contributed by atoms with E-state index in [1.807, 2.05) is 11.0 Å². The molecule has 23 heavy (non-hydrogen) atoms. The minimum absolute atomic E-state index is 0.0514. The number of carbonyl (C=O) groups excluding carboxylic acids is 2. The lowest BCUT2D eigenvalue weighted by molar-refractivity contribution is -0.127. The summed E-state index contributed by atoms with van der Waals surface area (Å²) in [7, 11) is 0. The molecule has 5 nitrogen and oxygen atoms in total. The van der Waals surface area contributed by atoms with Crippen molar-refractivity contribution in [2.45, 2.75) is 51.4 Å². The highest BCUT2D eigenvalue weighted by Gasteiger charge is 2.36. The fourth-order valence-corrected chi connectivity index (χ4v) is 3.21. The summed E-state index contributed by atoms with van der Waals surface area (Å²) in [5, 5.41) is 2.92. The molecule has 0 spiro atoms. The lowest BCUT2D eigenvalue weighted by atomic mass is 10.2. The van der Waals surface area contributed by atoms with Crippen molar-refractivity contribution < 1.29 is 14.0 Å². The molecule has 1 aromatic rings. The molecule has 1 aliphatic carbocycles. The summed E-state index contributed by atoms with van der Waals surface area (Å²) < 4.78 is 5.81. The summed E-state index contributed by atoms with van der Waals surface area (Å²) in [6.07, 6.45) is 4.79. The fourth-order valence-electron chi connectivity index (χ4n) is 3.21. The van der Waals surface area contributed by atoms with E-state index in [1.54, 1.807) is 0 Å². The van der Waals surface area contributed by atoms with Gasteiger partial charge in [-0.15, -0.1) is 0 Å². The first kappa shape index (κ1) is 16.1. The van der Waals surface area contributed by atoms with Gasteiger partial charge in [-0.25, -0.2) is 0 Å². The van der Waals surface area contributed by atoms with E-state index in [0.717, 1.165) is 43.4 Å². The topological polar surface area (TPSA) is 62.6 Å². The molecule has 3 rings (SSSR count). The zero-order valence-electron chi connectivity index (χ0n) is 13.8. The van der Waals surface area contributed by atoms with Crippen molar-refractivity contribution in [1.29, 1.82) is 0 Å². The zero-order valence-corrected chi connectivity index (χ0v) is 13.8. The molecule has 0 radical (unpaired) electrons. The Balaban J connectivity index is 1.29. The minimum Gasteiger partial charge on any atom is -0.466 e. The summed E-state index contributed by atoms with van der Waals surface area (Å²) in [5.41, 5.74) is 0. The van der Waals surface area contributed by atoms with Crippen LogP contribution >= 0.6 is 0 Å². The van der Waals surface area contributed by atoms with Crippen molar-refractivity contribution >= 4 is 11.8 Å². The van der Waals surface area contributed by atoms with Crippen molar-refractivity contribution in [3.63, 3.8) is 0 Å². The Bertz CT molecular complexity index is 566. The molecule has 1 saturated carbocycles. The van der Waals surface area contributed by atoms with Gasteiger partial charge in [0.25, 0.3) is 0 Å². The Morgan fingerprint density at radius 2 is 2.26 bits per heavy atom. The normalized spacial score (nSPS) is 23.3. The molecule has 1 aliphatic heterocycles. The van der Waals surface area contributed by atoms with Crippen molar-refractivity contribution in [2.24, 2.45) is 5.92 Å². The largest absolute Gasteiger partial charge is 0.466 e. The minimum atomic E-state index is 0.0514. The van der Waals surface area contributed by atoms with Crippen molar-refractivity contribution in [2.75, 3.05) is 19.6 Å². The van der Waals surface area contributed by atoms with Crippen molar-refractivity contribution in [1.82, 2.24) is 10.2 Å². The van der Waals surface area contributed by atoms with Gasteiger partial charge >= 0.3 is 0 Å². The number of rotatable bonds is 8. The van der Waals surface area contributed by atoms with Crippen LogP contribution in [0.5, 0.6) is 0 Å². The number of likely N-dealkylation sites (tertiary alicyclic amines) is 1. The maximum atomic E-state index is 11.8. The van der Waals surface area contributed by atoms with Crippen molar-refractivity contribution in [3.8, 4) is 0 Å². The Kier molecular flexibility index (Phi) is 5.03. The second kappa shape index (κ2) is 7.20. The molecule has 1 saturated heterocycles. The quantitative estimate of drug-likeness (QED) is 0.749. The molecular weight excluding hydrogens is 292 g/mol. The summed E-state index contributed by atoms with van der Waals surface area (Å²) in [6, 6.07) is 4.04.